The number of hydrogen-bond acceptors (Lipinski definition) is 2. The highest BCUT2D eigenvalue weighted by Crippen LogP contribution is 2.37. The molecule has 0 saturated heterocycles. The van der Waals surface area contributed by atoms with Gasteiger partial charge in [0.25, 0.3) is 0 Å². The second-order valence-electron chi connectivity index (χ2n) is 5.14. The number of aliphatic carboxylic acids is 1. The number of hydrogen-bond donors (Lipinski definition) is 1. The summed E-state index contributed by atoms with van der Waals surface area (Å²) < 4.78 is 0. The number of nitrogens with zero attached hydrogens (tertiary/aromatic N) is 1. The summed E-state index contributed by atoms with van der Waals surface area (Å²) in [7, 11) is 0. The lowest BCUT2D eigenvalue weighted by Gasteiger charge is -2.34. The molecule has 16 heavy (non-hydrogen) atoms. The van der Waals surface area contributed by atoms with Crippen LogP contribution in [-0.4, -0.2) is 34.6 Å². The van der Waals surface area contributed by atoms with E-state index in [4.69, 9.17) is 5.11 Å². The Morgan fingerprint density at radius 1 is 1.44 bits per heavy atom. The maximum atomic E-state index is 10.5. The second kappa shape index (κ2) is 6.24. The molecule has 0 aliphatic heterocycles. The van der Waals surface area contributed by atoms with Gasteiger partial charge in [0.1, 0.15) is 0 Å². The van der Waals surface area contributed by atoms with E-state index in [2.05, 4.69) is 25.7 Å². The lowest BCUT2D eigenvalue weighted by molar-refractivity contribution is -0.137. The first-order chi connectivity index (χ1) is 7.56. The fourth-order valence-corrected chi connectivity index (χ4v) is 2.54. The highest BCUT2D eigenvalue weighted by atomic mass is 16.4. The Kier molecular flexibility index (Phi) is 5.26. The summed E-state index contributed by atoms with van der Waals surface area (Å²) in [5, 5.41) is 8.66. The van der Waals surface area contributed by atoms with Crippen molar-refractivity contribution in [3.05, 3.63) is 0 Å². The van der Waals surface area contributed by atoms with Crippen molar-refractivity contribution >= 4 is 5.97 Å². The summed E-state index contributed by atoms with van der Waals surface area (Å²) in [4.78, 5) is 13.0. The lowest BCUT2D eigenvalue weighted by Crippen LogP contribution is -2.42. The van der Waals surface area contributed by atoms with Gasteiger partial charge in [-0.2, -0.15) is 0 Å². The molecule has 3 heteroatoms. The Morgan fingerprint density at radius 2 is 2.06 bits per heavy atom. The van der Waals surface area contributed by atoms with Crippen molar-refractivity contribution in [3.8, 4) is 0 Å². The maximum absolute atomic E-state index is 10.5. The molecule has 0 spiro atoms. The van der Waals surface area contributed by atoms with Gasteiger partial charge in [0, 0.05) is 18.5 Å². The van der Waals surface area contributed by atoms with E-state index >= 15 is 0 Å². The molecule has 1 fully saturated rings. The van der Waals surface area contributed by atoms with Gasteiger partial charge in [-0.3, -0.25) is 9.69 Å². The van der Waals surface area contributed by atoms with Gasteiger partial charge in [-0.1, -0.05) is 6.92 Å². The molecule has 1 aliphatic carbocycles. The van der Waals surface area contributed by atoms with E-state index in [1.807, 2.05) is 0 Å². The highest BCUT2D eigenvalue weighted by Gasteiger charge is 2.34. The van der Waals surface area contributed by atoms with Gasteiger partial charge in [0.15, 0.2) is 0 Å². The van der Waals surface area contributed by atoms with Crippen molar-refractivity contribution in [1.29, 1.82) is 0 Å². The largest absolute Gasteiger partial charge is 0.481 e. The van der Waals surface area contributed by atoms with Crippen LogP contribution in [0.15, 0.2) is 0 Å². The minimum atomic E-state index is -0.678. The summed E-state index contributed by atoms with van der Waals surface area (Å²) in [5.41, 5.74) is 0. The zero-order valence-electron chi connectivity index (χ0n) is 10.8. The van der Waals surface area contributed by atoms with E-state index in [1.54, 1.807) is 0 Å². The van der Waals surface area contributed by atoms with Gasteiger partial charge in [-0.15, -0.1) is 0 Å². The van der Waals surface area contributed by atoms with E-state index in [0.717, 1.165) is 18.9 Å². The van der Waals surface area contributed by atoms with Gasteiger partial charge >= 0.3 is 5.97 Å². The number of carbonyl (C=O) groups is 1. The van der Waals surface area contributed by atoms with E-state index in [9.17, 15) is 4.79 Å². The summed E-state index contributed by atoms with van der Waals surface area (Å²) >= 11 is 0. The Bertz CT molecular complexity index is 224. The number of carboxylic acids is 1. The third kappa shape index (κ3) is 4.12. The molecule has 3 nitrogen and oxygen atoms in total. The second-order valence-corrected chi connectivity index (χ2v) is 5.14. The maximum Gasteiger partial charge on any atom is 0.303 e. The average Bonchev–Trinajstić information content (AvgIpc) is 2.99. The smallest absolute Gasteiger partial charge is 0.303 e. The van der Waals surface area contributed by atoms with Crippen molar-refractivity contribution in [1.82, 2.24) is 4.90 Å². The third-order valence-corrected chi connectivity index (χ3v) is 3.48. The Morgan fingerprint density at radius 3 is 2.44 bits per heavy atom. The Balaban J connectivity index is 2.42. The molecule has 0 aromatic rings. The zero-order chi connectivity index (χ0) is 12.1. The first kappa shape index (κ1) is 13.5. The van der Waals surface area contributed by atoms with Crippen LogP contribution in [0.4, 0.5) is 0 Å². The molecule has 0 amide bonds. The van der Waals surface area contributed by atoms with Crippen molar-refractivity contribution in [2.24, 2.45) is 5.92 Å². The van der Waals surface area contributed by atoms with E-state index < -0.39 is 5.97 Å². The van der Waals surface area contributed by atoms with E-state index in [0.29, 0.717) is 18.5 Å². The molecular weight excluding hydrogens is 202 g/mol. The molecule has 0 radical (unpaired) electrons. The zero-order valence-corrected chi connectivity index (χ0v) is 10.8. The van der Waals surface area contributed by atoms with Gasteiger partial charge in [-0.05, 0) is 52.0 Å². The molecule has 0 heterocycles. The summed E-state index contributed by atoms with van der Waals surface area (Å²) in [5.74, 6) is 0.195. The van der Waals surface area contributed by atoms with Gasteiger partial charge < -0.3 is 5.11 Å². The van der Waals surface area contributed by atoms with Gasteiger partial charge in [0.2, 0.25) is 0 Å². The third-order valence-electron chi connectivity index (χ3n) is 3.48. The van der Waals surface area contributed by atoms with Crippen molar-refractivity contribution in [3.63, 3.8) is 0 Å². The molecule has 1 rings (SSSR count). The summed E-state index contributed by atoms with van der Waals surface area (Å²) in [6.07, 6.45) is 4.98. The molecule has 1 unspecified atom stereocenters. The number of rotatable bonds is 8. The van der Waals surface area contributed by atoms with Crippen LogP contribution in [0.3, 0.4) is 0 Å². The molecule has 94 valence electrons. The van der Waals surface area contributed by atoms with Crippen LogP contribution in [0.5, 0.6) is 0 Å². The highest BCUT2D eigenvalue weighted by molar-refractivity contribution is 5.66. The van der Waals surface area contributed by atoms with E-state index in [-0.39, 0.29) is 0 Å². The minimum Gasteiger partial charge on any atom is -0.481 e. The average molecular weight is 227 g/mol. The Hall–Kier alpha value is -0.570. The lowest BCUT2D eigenvalue weighted by atomic mass is 10.1. The molecule has 1 atom stereocenters. The van der Waals surface area contributed by atoms with Gasteiger partial charge in [0.05, 0.1) is 0 Å². The number of carboxylic acid groups (broad SMARTS) is 1. The van der Waals surface area contributed by atoms with Crippen LogP contribution in [0.2, 0.25) is 0 Å². The van der Waals surface area contributed by atoms with Crippen molar-refractivity contribution < 1.29 is 9.90 Å². The summed E-state index contributed by atoms with van der Waals surface area (Å²) in [6, 6.07) is 1.20. The molecule has 0 aromatic carbocycles. The van der Waals surface area contributed by atoms with Crippen LogP contribution in [0.1, 0.15) is 52.9 Å². The fourth-order valence-electron chi connectivity index (χ4n) is 2.54. The van der Waals surface area contributed by atoms with Crippen molar-refractivity contribution in [2.75, 3.05) is 6.54 Å². The standard InChI is InChI=1S/C13H25NO2/c1-4-12(11-7-8-11)14(10(2)3)9-5-6-13(15)16/h10-12H,4-9H2,1-3H3,(H,15,16). The molecule has 0 aromatic heterocycles. The normalized spacial score (nSPS) is 18.1. The minimum absolute atomic E-state index is 0.296. The van der Waals surface area contributed by atoms with Crippen LogP contribution in [0.25, 0.3) is 0 Å². The predicted molar refractivity (Wildman–Crippen MR) is 65.5 cm³/mol. The molecular formula is C13H25NO2. The van der Waals surface area contributed by atoms with Crippen LogP contribution < -0.4 is 0 Å². The Labute approximate surface area is 98.8 Å². The van der Waals surface area contributed by atoms with E-state index in [1.165, 1.54) is 19.3 Å². The fraction of sp³-hybridized carbons (Fsp3) is 0.923. The summed E-state index contributed by atoms with van der Waals surface area (Å²) in [6.45, 7) is 7.60. The predicted octanol–water partition coefficient (Wildman–Crippen LogP) is 2.75. The molecule has 1 saturated carbocycles. The first-order valence-electron chi connectivity index (χ1n) is 6.53. The van der Waals surface area contributed by atoms with Crippen LogP contribution in [0, 0.1) is 5.92 Å². The quantitative estimate of drug-likeness (QED) is 0.693. The van der Waals surface area contributed by atoms with Crippen LogP contribution in [-0.2, 0) is 4.79 Å². The monoisotopic (exact) mass is 227 g/mol. The molecule has 1 aliphatic rings. The molecule has 1 N–H and O–H groups in total. The molecule has 0 bridgehead atoms. The van der Waals surface area contributed by atoms with Crippen LogP contribution >= 0.6 is 0 Å². The topological polar surface area (TPSA) is 40.5 Å². The van der Waals surface area contributed by atoms with Crippen molar-refractivity contribution in [2.45, 2.75) is 65.0 Å². The first-order valence-corrected chi connectivity index (χ1v) is 6.53. The van der Waals surface area contributed by atoms with Gasteiger partial charge in [-0.25, -0.2) is 0 Å². The SMILES string of the molecule is CCC(C1CC1)N(CCCC(=O)O)C(C)C.